The first-order chi connectivity index (χ1) is 22.7. The number of morpholine rings is 1. The van der Waals surface area contributed by atoms with E-state index < -0.39 is 11.8 Å². The van der Waals surface area contributed by atoms with Crippen LogP contribution in [-0.4, -0.2) is 80.2 Å². The molecule has 9 nitrogen and oxygen atoms in total. The molecule has 3 aromatic rings. The number of para-hydroxylation sites is 1. The summed E-state index contributed by atoms with van der Waals surface area (Å²) in [5, 5.41) is 10.5. The summed E-state index contributed by atoms with van der Waals surface area (Å²) >= 11 is 13.4. The number of methoxy groups -OCH3 is 1. The number of carboxylic acids is 1. The van der Waals surface area contributed by atoms with E-state index in [-0.39, 0.29) is 69.5 Å². The van der Waals surface area contributed by atoms with Crippen LogP contribution in [0.1, 0.15) is 52.0 Å². The van der Waals surface area contributed by atoms with Crippen LogP contribution in [0.15, 0.2) is 42.5 Å². The lowest BCUT2D eigenvalue weighted by atomic mass is 9.61. The summed E-state index contributed by atoms with van der Waals surface area (Å²) in [7, 11) is 1.76. The molecule has 3 aromatic carbocycles. The summed E-state index contributed by atoms with van der Waals surface area (Å²) in [6.45, 7) is 2.82. The number of nitrogens with zero attached hydrogens (tertiary/aromatic N) is 3. The minimum absolute atomic E-state index is 0.0340. The van der Waals surface area contributed by atoms with Crippen LogP contribution >= 0.6 is 23.2 Å². The van der Waals surface area contributed by atoms with Crippen molar-refractivity contribution in [3.63, 3.8) is 0 Å². The Morgan fingerprint density at radius 2 is 1.74 bits per heavy atom. The molecule has 1 N–H and O–H groups in total. The summed E-state index contributed by atoms with van der Waals surface area (Å²) in [6, 6.07) is 11.7. The molecule has 12 heteroatoms. The van der Waals surface area contributed by atoms with Crippen molar-refractivity contribution < 1.29 is 33.3 Å². The second-order valence-corrected chi connectivity index (χ2v) is 14.1. The van der Waals surface area contributed by atoms with Crippen molar-refractivity contribution in [2.24, 2.45) is 5.41 Å². The molecule has 246 valence electrons. The largest absolute Gasteiger partial charge is 0.478 e. The molecular weight excluding hydrogens is 648 g/mol. The third kappa shape index (κ3) is 4.94. The van der Waals surface area contributed by atoms with Crippen LogP contribution in [-0.2, 0) is 16.0 Å². The van der Waals surface area contributed by atoms with Crippen molar-refractivity contribution in [1.29, 1.82) is 0 Å². The maximum absolute atomic E-state index is 15.7. The molecule has 1 aliphatic carbocycles. The molecule has 0 aromatic heterocycles. The van der Waals surface area contributed by atoms with Crippen molar-refractivity contribution in [1.82, 2.24) is 4.90 Å². The van der Waals surface area contributed by atoms with E-state index in [4.69, 9.17) is 37.4 Å². The number of amides is 1. The third-order valence-corrected chi connectivity index (χ3v) is 11.3. The highest BCUT2D eigenvalue weighted by molar-refractivity contribution is 6.40. The molecule has 0 radical (unpaired) electrons. The Morgan fingerprint density at radius 3 is 2.38 bits per heavy atom. The maximum atomic E-state index is 15.7. The van der Waals surface area contributed by atoms with Crippen molar-refractivity contribution in [2.45, 2.75) is 50.4 Å². The van der Waals surface area contributed by atoms with E-state index in [9.17, 15) is 14.7 Å². The lowest BCUT2D eigenvalue weighted by Crippen LogP contribution is -2.67. The molecule has 8 rings (SSSR count). The minimum Gasteiger partial charge on any atom is -0.478 e. The zero-order valence-corrected chi connectivity index (χ0v) is 27.3. The summed E-state index contributed by atoms with van der Waals surface area (Å²) in [5.41, 5.74) is 3.06. The Kier molecular flexibility index (Phi) is 7.55. The first-order valence-corrected chi connectivity index (χ1v) is 16.7. The molecule has 4 heterocycles. The number of ether oxygens (including phenoxy) is 3. The molecule has 2 bridgehead atoms. The van der Waals surface area contributed by atoms with Gasteiger partial charge in [-0.1, -0.05) is 41.4 Å². The number of anilines is 2. The highest BCUT2D eigenvalue weighted by atomic mass is 35.5. The fraction of sp³-hybridized carbons (Fsp3) is 0.429. The highest BCUT2D eigenvalue weighted by Crippen LogP contribution is 2.52. The number of benzene rings is 3. The normalized spacial score (nSPS) is 24.0. The number of fused-ring (bicyclic) bond motifs is 3. The Labute approximate surface area is 281 Å². The average Bonchev–Trinajstić information content (AvgIpc) is 3.26. The minimum atomic E-state index is -1.19. The summed E-state index contributed by atoms with van der Waals surface area (Å²) in [4.78, 5) is 31.8. The van der Waals surface area contributed by atoms with Gasteiger partial charge in [0.05, 0.1) is 64.8 Å². The molecule has 1 spiro atoms. The van der Waals surface area contributed by atoms with Crippen LogP contribution in [0.5, 0.6) is 5.75 Å². The summed E-state index contributed by atoms with van der Waals surface area (Å²) in [5.74, 6) is -1.78. The zero-order valence-electron chi connectivity index (χ0n) is 25.8. The van der Waals surface area contributed by atoms with E-state index in [2.05, 4.69) is 9.80 Å². The smallest absolute Gasteiger partial charge is 0.337 e. The molecule has 4 aliphatic heterocycles. The first-order valence-electron chi connectivity index (χ1n) is 15.9. The molecule has 3 atom stereocenters. The van der Waals surface area contributed by atoms with E-state index in [0.717, 1.165) is 50.5 Å². The number of aromatic carboxylic acids is 1. The molecule has 47 heavy (non-hydrogen) atoms. The summed E-state index contributed by atoms with van der Waals surface area (Å²) < 4.78 is 33.2. The van der Waals surface area contributed by atoms with Crippen molar-refractivity contribution in [2.75, 3.05) is 49.9 Å². The van der Waals surface area contributed by atoms with Gasteiger partial charge in [-0.2, -0.15) is 0 Å². The van der Waals surface area contributed by atoms with Crippen LogP contribution in [0.2, 0.25) is 10.0 Å². The van der Waals surface area contributed by atoms with Gasteiger partial charge >= 0.3 is 5.97 Å². The molecule has 1 saturated carbocycles. The maximum Gasteiger partial charge on any atom is 0.337 e. The van der Waals surface area contributed by atoms with Gasteiger partial charge in [-0.05, 0) is 49.9 Å². The second kappa shape index (κ2) is 11.5. The predicted octanol–water partition coefficient (Wildman–Crippen LogP) is 6.47. The van der Waals surface area contributed by atoms with Gasteiger partial charge in [-0.15, -0.1) is 0 Å². The van der Waals surface area contributed by atoms with Crippen LogP contribution in [0.4, 0.5) is 15.8 Å². The van der Waals surface area contributed by atoms with Gasteiger partial charge in [-0.3, -0.25) is 4.79 Å². The molecular formula is C35H34Cl2FN3O6. The standard InChI is InChI=1S/C35H34Cl2FN3O6/c1-45-30-7-8-35(30)16-40(17-35)22-9-26(36)31(27(37)10-22)33(42)39-13-19-3-2-4-23(32(19)47-18-39)24-12-29(25(34(43)44)11-28(24)38)41-20-5-6-21(41)15-46-14-20/h2-4,9-12,20-21,30H,5-8,13-18H2,1H3,(H,43,44). The Bertz CT molecular complexity index is 1760. The van der Waals surface area contributed by atoms with Gasteiger partial charge < -0.3 is 34.0 Å². The zero-order chi connectivity index (χ0) is 32.6. The average molecular weight is 683 g/mol. The van der Waals surface area contributed by atoms with E-state index in [1.165, 1.54) is 4.90 Å². The fourth-order valence-corrected chi connectivity index (χ4v) is 8.83. The van der Waals surface area contributed by atoms with E-state index >= 15 is 4.39 Å². The van der Waals surface area contributed by atoms with Gasteiger partial charge in [-0.25, -0.2) is 9.18 Å². The lowest BCUT2D eigenvalue weighted by Gasteiger charge is -2.60. The van der Waals surface area contributed by atoms with E-state index in [0.29, 0.717) is 35.8 Å². The number of halogens is 3. The number of hydrogen-bond donors (Lipinski definition) is 1. The molecule has 3 unspecified atom stereocenters. The first kappa shape index (κ1) is 30.7. The molecule has 3 saturated heterocycles. The van der Waals surface area contributed by atoms with Crippen molar-refractivity contribution >= 4 is 46.5 Å². The van der Waals surface area contributed by atoms with Crippen molar-refractivity contribution in [3.8, 4) is 16.9 Å². The Balaban J connectivity index is 1.05. The van der Waals surface area contributed by atoms with Crippen LogP contribution in [0.25, 0.3) is 11.1 Å². The SMILES string of the molecule is COC1CCC12CN(c1cc(Cl)c(C(=O)N3COc4c(cccc4-c4cc(N5C6CCC5COC6)c(C(=O)O)cc4F)C3)c(Cl)c1)C2. The van der Waals surface area contributed by atoms with Crippen LogP contribution < -0.4 is 14.5 Å². The number of carbonyl (C=O) groups is 2. The van der Waals surface area contributed by atoms with Gasteiger partial charge in [0.1, 0.15) is 11.6 Å². The van der Waals surface area contributed by atoms with E-state index in [1.54, 1.807) is 37.4 Å². The predicted molar refractivity (Wildman–Crippen MR) is 175 cm³/mol. The number of carboxylic acid groups (broad SMARTS) is 1. The number of rotatable bonds is 6. The van der Waals surface area contributed by atoms with Gasteiger partial charge in [0.15, 0.2) is 6.73 Å². The number of carbonyl (C=O) groups excluding carboxylic acids is 1. The van der Waals surface area contributed by atoms with Crippen LogP contribution in [0, 0.1) is 11.2 Å². The van der Waals surface area contributed by atoms with Gasteiger partial charge in [0, 0.05) is 48.0 Å². The molecule has 5 aliphatic rings. The fourth-order valence-electron chi connectivity index (χ4n) is 8.19. The Hall–Kier alpha value is -3.57. The van der Waals surface area contributed by atoms with Gasteiger partial charge in [0.25, 0.3) is 5.91 Å². The lowest BCUT2D eigenvalue weighted by molar-refractivity contribution is -0.106. The number of hydrogen-bond acceptors (Lipinski definition) is 7. The molecule has 1 amide bonds. The van der Waals surface area contributed by atoms with Crippen molar-refractivity contribution in [3.05, 3.63) is 75.0 Å². The third-order valence-electron chi connectivity index (χ3n) is 10.7. The van der Waals surface area contributed by atoms with E-state index in [1.807, 2.05) is 6.07 Å². The summed E-state index contributed by atoms with van der Waals surface area (Å²) in [6.07, 6.45) is 4.25. The Morgan fingerprint density at radius 1 is 1.02 bits per heavy atom. The second-order valence-electron chi connectivity index (χ2n) is 13.3. The quantitative estimate of drug-likeness (QED) is 0.317. The highest BCUT2D eigenvalue weighted by Gasteiger charge is 2.55. The van der Waals surface area contributed by atoms with Gasteiger partial charge in [0.2, 0.25) is 0 Å². The topological polar surface area (TPSA) is 91.8 Å². The monoisotopic (exact) mass is 681 g/mol. The van der Waals surface area contributed by atoms with Crippen LogP contribution in [0.3, 0.4) is 0 Å². The molecule has 4 fully saturated rings.